The van der Waals surface area contributed by atoms with E-state index in [2.05, 4.69) is 36.2 Å². The zero-order valence-electron chi connectivity index (χ0n) is 11.2. The van der Waals surface area contributed by atoms with E-state index < -0.39 is 0 Å². The van der Waals surface area contributed by atoms with Gasteiger partial charge < -0.3 is 15.0 Å². The van der Waals surface area contributed by atoms with E-state index in [1.165, 1.54) is 11.3 Å². The lowest BCUT2D eigenvalue weighted by Crippen LogP contribution is -2.46. The lowest BCUT2D eigenvalue weighted by molar-refractivity contribution is -0.00526. The van der Waals surface area contributed by atoms with E-state index in [0.717, 1.165) is 24.7 Å². The van der Waals surface area contributed by atoms with Gasteiger partial charge in [-0.25, -0.2) is 0 Å². The van der Waals surface area contributed by atoms with Crippen LogP contribution >= 0.6 is 11.6 Å². The van der Waals surface area contributed by atoms with Gasteiger partial charge in [0.25, 0.3) is 0 Å². The molecule has 1 aliphatic rings. The fourth-order valence-corrected chi connectivity index (χ4v) is 2.71. The maximum Gasteiger partial charge on any atom is 0.0726 e. The van der Waals surface area contributed by atoms with Gasteiger partial charge in [0, 0.05) is 30.3 Å². The average Bonchev–Trinajstić information content (AvgIpc) is 2.30. The molecule has 2 atom stereocenters. The van der Waals surface area contributed by atoms with E-state index in [1.54, 1.807) is 0 Å². The second-order valence-electron chi connectivity index (χ2n) is 4.97. The molecule has 0 radical (unpaired) electrons. The highest BCUT2D eigenvalue weighted by Crippen LogP contribution is 2.27. The zero-order chi connectivity index (χ0) is 13.1. The molecule has 18 heavy (non-hydrogen) atoms. The summed E-state index contributed by atoms with van der Waals surface area (Å²) < 4.78 is 5.78. The van der Waals surface area contributed by atoms with E-state index in [4.69, 9.17) is 16.3 Å². The topological polar surface area (TPSA) is 24.5 Å². The fourth-order valence-electron chi connectivity index (χ4n) is 2.55. The van der Waals surface area contributed by atoms with Crippen molar-refractivity contribution in [2.45, 2.75) is 32.6 Å². The first kappa shape index (κ1) is 13.7. The molecule has 4 heteroatoms. The second-order valence-corrected chi connectivity index (χ2v) is 5.40. The molecule has 1 aliphatic heterocycles. The highest BCUT2D eigenvalue weighted by atomic mass is 35.5. The van der Waals surface area contributed by atoms with Gasteiger partial charge in [-0.1, -0.05) is 17.7 Å². The number of hydrogen-bond donors (Lipinski definition) is 1. The van der Waals surface area contributed by atoms with Crippen molar-refractivity contribution in [2.24, 2.45) is 0 Å². The summed E-state index contributed by atoms with van der Waals surface area (Å²) in [5.41, 5.74) is 2.50. The lowest BCUT2D eigenvalue weighted by atomic mass is 10.1. The van der Waals surface area contributed by atoms with Crippen LogP contribution in [0.3, 0.4) is 0 Å². The Morgan fingerprint density at radius 3 is 2.61 bits per heavy atom. The predicted octanol–water partition coefficient (Wildman–Crippen LogP) is 2.67. The summed E-state index contributed by atoms with van der Waals surface area (Å²) in [6, 6.07) is 6.10. The van der Waals surface area contributed by atoms with Crippen molar-refractivity contribution in [3.8, 4) is 0 Å². The third-order valence-corrected chi connectivity index (χ3v) is 3.41. The van der Waals surface area contributed by atoms with Crippen LogP contribution in [-0.4, -0.2) is 32.3 Å². The number of rotatable bonds is 3. The van der Waals surface area contributed by atoms with Crippen molar-refractivity contribution in [2.75, 3.05) is 25.0 Å². The molecule has 0 saturated carbocycles. The van der Waals surface area contributed by atoms with Gasteiger partial charge in [0.2, 0.25) is 0 Å². The largest absolute Gasteiger partial charge is 0.372 e. The number of hydrogen-bond acceptors (Lipinski definition) is 3. The van der Waals surface area contributed by atoms with Crippen molar-refractivity contribution >= 4 is 17.3 Å². The van der Waals surface area contributed by atoms with Crippen LogP contribution in [-0.2, 0) is 11.3 Å². The SMILES string of the molecule is CNCc1ccc(Cl)cc1N1CC(C)OC(C)C1. The van der Waals surface area contributed by atoms with E-state index in [-0.39, 0.29) is 12.2 Å². The van der Waals surface area contributed by atoms with E-state index >= 15 is 0 Å². The minimum Gasteiger partial charge on any atom is -0.372 e. The van der Waals surface area contributed by atoms with E-state index in [1.807, 2.05) is 13.1 Å². The van der Waals surface area contributed by atoms with Crippen molar-refractivity contribution in [3.05, 3.63) is 28.8 Å². The first-order valence-electron chi connectivity index (χ1n) is 6.43. The van der Waals surface area contributed by atoms with Gasteiger partial charge in [0.15, 0.2) is 0 Å². The number of ether oxygens (including phenoxy) is 1. The predicted molar refractivity (Wildman–Crippen MR) is 76.4 cm³/mol. The summed E-state index contributed by atoms with van der Waals surface area (Å²) in [4.78, 5) is 2.37. The van der Waals surface area contributed by atoms with Gasteiger partial charge >= 0.3 is 0 Å². The van der Waals surface area contributed by atoms with Gasteiger partial charge in [-0.15, -0.1) is 0 Å². The Balaban J connectivity index is 2.27. The average molecular weight is 269 g/mol. The molecule has 1 saturated heterocycles. The number of benzene rings is 1. The van der Waals surface area contributed by atoms with Crippen molar-refractivity contribution in [1.29, 1.82) is 0 Å². The summed E-state index contributed by atoms with van der Waals surface area (Å²) in [6.45, 7) is 6.92. The Morgan fingerprint density at radius 2 is 2.00 bits per heavy atom. The molecule has 0 aliphatic carbocycles. The second kappa shape index (κ2) is 5.91. The highest BCUT2D eigenvalue weighted by Gasteiger charge is 2.23. The van der Waals surface area contributed by atoms with Gasteiger partial charge in [-0.05, 0) is 38.6 Å². The smallest absolute Gasteiger partial charge is 0.0726 e. The van der Waals surface area contributed by atoms with Crippen molar-refractivity contribution in [1.82, 2.24) is 5.32 Å². The highest BCUT2D eigenvalue weighted by molar-refractivity contribution is 6.30. The summed E-state index contributed by atoms with van der Waals surface area (Å²) in [5.74, 6) is 0. The molecule has 1 heterocycles. The Bertz CT molecular complexity index is 401. The van der Waals surface area contributed by atoms with E-state index in [9.17, 15) is 0 Å². The summed E-state index contributed by atoms with van der Waals surface area (Å²) in [7, 11) is 1.96. The number of morpholine rings is 1. The number of nitrogens with zero attached hydrogens (tertiary/aromatic N) is 1. The molecule has 2 rings (SSSR count). The molecule has 3 nitrogen and oxygen atoms in total. The molecule has 0 amide bonds. The van der Waals surface area contributed by atoms with Crippen molar-refractivity contribution < 1.29 is 4.74 Å². The van der Waals surface area contributed by atoms with Crippen LogP contribution in [0, 0.1) is 0 Å². The molecule has 2 unspecified atom stereocenters. The van der Waals surface area contributed by atoms with Gasteiger partial charge in [0.1, 0.15) is 0 Å². The standard InChI is InChI=1S/C14H21ClN2O/c1-10-8-17(9-11(2)18-10)14-6-13(15)5-4-12(14)7-16-3/h4-6,10-11,16H,7-9H2,1-3H3. The van der Waals surface area contributed by atoms with Crippen LogP contribution in [0.2, 0.25) is 5.02 Å². The number of nitrogens with one attached hydrogen (secondary N) is 1. The summed E-state index contributed by atoms with van der Waals surface area (Å²) in [5, 5.41) is 3.99. The van der Waals surface area contributed by atoms with Gasteiger partial charge in [0.05, 0.1) is 12.2 Å². The van der Waals surface area contributed by atoms with Gasteiger partial charge in [-0.2, -0.15) is 0 Å². The first-order chi connectivity index (χ1) is 8.60. The van der Waals surface area contributed by atoms with Crippen molar-refractivity contribution in [3.63, 3.8) is 0 Å². The molecule has 0 spiro atoms. The van der Waals surface area contributed by atoms with Gasteiger partial charge in [-0.3, -0.25) is 0 Å². The third-order valence-electron chi connectivity index (χ3n) is 3.17. The van der Waals surface area contributed by atoms with Crippen LogP contribution in [0.25, 0.3) is 0 Å². The molecule has 1 aromatic rings. The lowest BCUT2D eigenvalue weighted by Gasteiger charge is -2.38. The molecule has 1 N–H and O–H groups in total. The van der Waals surface area contributed by atoms with Crippen LogP contribution < -0.4 is 10.2 Å². The first-order valence-corrected chi connectivity index (χ1v) is 6.81. The zero-order valence-corrected chi connectivity index (χ0v) is 12.0. The monoisotopic (exact) mass is 268 g/mol. The Labute approximate surface area is 114 Å². The summed E-state index contributed by atoms with van der Waals surface area (Å²) in [6.07, 6.45) is 0.519. The molecular weight excluding hydrogens is 248 g/mol. The molecule has 1 fully saturated rings. The minimum absolute atomic E-state index is 0.259. The normalized spacial score (nSPS) is 24.3. The molecule has 1 aromatic carbocycles. The molecular formula is C14H21ClN2O. The number of halogens is 1. The molecule has 0 bridgehead atoms. The maximum atomic E-state index is 6.13. The summed E-state index contributed by atoms with van der Waals surface area (Å²) >= 11 is 6.13. The van der Waals surface area contributed by atoms with E-state index in [0.29, 0.717) is 0 Å². The Morgan fingerprint density at radius 1 is 1.33 bits per heavy atom. The minimum atomic E-state index is 0.259. The maximum absolute atomic E-state index is 6.13. The van der Waals surface area contributed by atoms with Crippen LogP contribution in [0.15, 0.2) is 18.2 Å². The molecule has 0 aromatic heterocycles. The number of anilines is 1. The van der Waals surface area contributed by atoms with Crippen LogP contribution in [0.1, 0.15) is 19.4 Å². The fraction of sp³-hybridized carbons (Fsp3) is 0.571. The Kier molecular flexibility index (Phi) is 4.49. The molecule has 100 valence electrons. The van der Waals surface area contributed by atoms with Crippen LogP contribution in [0.4, 0.5) is 5.69 Å². The van der Waals surface area contributed by atoms with Crippen LogP contribution in [0.5, 0.6) is 0 Å². The Hall–Kier alpha value is -0.770. The third kappa shape index (κ3) is 3.16. The quantitative estimate of drug-likeness (QED) is 0.912.